The Balaban J connectivity index is 2.64. The first kappa shape index (κ1) is 28.3. The molecule has 0 aliphatic rings. The van der Waals surface area contributed by atoms with Crippen LogP contribution in [0.3, 0.4) is 0 Å². The summed E-state index contributed by atoms with van der Waals surface area (Å²) in [4.78, 5) is 0. The molecule has 0 saturated heterocycles. The molecule has 0 bridgehead atoms. The number of unbranched alkanes of at least 4 members (excludes halogenated alkanes) is 4. The summed E-state index contributed by atoms with van der Waals surface area (Å²) < 4.78 is 9.74. The molecule has 0 nitrogen and oxygen atoms in total. The van der Waals surface area contributed by atoms with Gasteiger partial charge in [0, 0.05) is 0 Å². The average molecular weight is 652 g/mol. The fourth-order valence-electron chi connectivity index (χ4n) is 4.58. The van der Waals surface area contributed by atoms with Gasteiger partial charge < -0.3 is 0 Å². The van der Waals surface area contributed by atoms with Crippen LogP contribution in [0, 0.1) is 13.8 Å². The fraction of sp³-hybridized carbons (Fsp3) is 0.600. The average Bonchev–Trinajstić information content (AvgIpc) is 2.80. The monoisotopic (exact) mass is 650 g/mol. The molecule has 2 aromatic carbocycles. The summed E-state index contributed by atoms with van der Waals surface area (Å²) in [6.07, 6.45) is 11.1. The molecular formula is C30H48Sb2. The molecule has 0 heterocycles. The number of benzene rings is 2. The molecule has 0 spiro atoms. The van der Waals surface area contributed by atoms with Gasteiger partial charge in [0.15, 0.2) is 0 Å². The number of hydrogen-bond donors (Lipinski definition) is 0. The first-order chi connectivity index (χ1) is 15.6. The molecule has 0 aromatic heterocycles. The molecule has 0 amide bonds. The second-order valence-corrected chi connectivity index (χ2v) is 23.3. The van der Waals surface area contributed by atoms with E-state index in [4.69, 9.17) is 0 Å². The molecular weight excluding hydrogens is 604 g/mol. The number of rotatable bonds is 15. The van der Waals surface area contributed by atoms with E-state index in [1.165, 1.54) is 80.0 Å². The molecule has 2 heteroatoms. The van der Waals surface area contributed by atoms with Gasteiger partial charge in [-0.3, -0.25) is 0 Å². The third-order valence-corrected chi connectivity index (χ3v) is 22.3. The van der Waals surface area contributed by atoms with Gasteiger partial charge in [-0.15, -0.1) is 0 Å². The molecule has 0 fully saturated rings. The van der Waals surface area contributed by atoms with Gasteiger partial charge in [0.05, 0.1) is 0 Å². The zero-order valence-corrected chi connectivity index (χ0v) is 26.9. The van der Waals surface area contributed by atoms with Crippen molar-refractivity contribution in [2.75, 3.05) is 0 Å². The predicted octanol–water partition coefficient (Wildman–Crippen LogP) is 8.57. The molecule has 2 aromatic rings. The summed E-state index contributed by atoms with van der Waals surface area (Å²) in [5.74, 6) is 0. The van der Waals surface area contributed by atoms with Crippen LogP contribution < -0.4 is 7.02 Å². The SMILES string of the molecule is CCC[CH2][Sb]([CH2]CCC)[c]1cccc(C)c1-c1c(C)ccc[c]1[Sb]([CH2]CCC)[CH2]CCC. The van der Waals surface area contributed by atoms with E-state index in [0.717, 1.165) is 0 Å². The molecule has 0 radical (unpaired) electrons. The van der Waals surface area contributed by atoms with Crippen molar-refractivity contribution in [1.82, 2.24) is 0 Å². The zero-order valence-electron chi connectivity index (χ0n) is 21.8. The zero-order chi connectivity index (χ0) is 23.3. The maximum atomic E-state index is 2.56. The van der Waals surface area contributed by atoms with Crippen molar-refractivity contribution in [3.05, 3.63) is 47.5 Å². The summed E-state index contributed by atoms with van der Waals surface area (Å²) in [5, 5.41) is 0. The Morgan fingerprint density at radius 2 is 0.812 bits per heavy atom. The minimum absolute atomic E-state index is 1.34. The van der Waals surface area contributed by atoms with Gasteiger partial charge in [-0.1, -0.05) is 0 Å². The van der Waals surface area contributed by atoms with Crippen molar-refractivity contribution >= 4 is 47.4 Å². The Labute approximate surface area is 214 Å². The molecule has 0 aliphatic heterocycles. The van der Waals surface area contributed by atoms with Gasteiger partial charge in [-0.05, 0) is 0 Å². The third-order valence-electron chi connectivity index (χ3n) is 6.56. The second-order valence-electron chi connectivity index (χ2n) is 9.33. The maximum absolute atomic E-state index is 2.56. The summed E-state index contributed by atoms with van der Waals surface area (Å²) >= 11 is -2.99. The first-order valence-corrected chi connectivity index (χ1v) is 23.1. The molecule has 0 N–H and O–H groups in total. The topological polar surface area (TPSA) is 0 Å². The second kappa shape index (κ2) is 15.9. The minimum atomic E-state index is -1.49. The Morgan fingerprint density at radius 1 is 0.500 bits per heavy atom. The van der Waals surface area contributed by atoms with E-state index in [0.29, 0.717) is 0 Å². The van der Waals surface area contributed by atoms with E-state index in [1.807, 2.05) is 7.02 Å². The Hall–Kier alpha value is 0.0764. The van der Waals surface area contributed by atoms with Crippen molar-refractivity contribution in [2.24, 2.45) is 0 Å². The molecule has 0 aliphatic carbocycles. The van der Waals surface area contributed by atoms with Crippen molar-refractivity contribution in [1.29, 1.82) is 0 Å². The Kier molecular flexibility index (Phi) is 14.0. The van der Waals surface area contributed by atoms with E-state index in [2.05, 4.69) is 77.9 Å². The Morgan fingerprint density at radius 3 is 1.09 bits per heavy atom. The van der Waals surface area contributed by atoms with Gasteiger partial charge in [-0.25, -0.2) is 0 Å². The van der Waals surface area contributed by atoms with Crippen molar-refractivity contribution in [2.45, 2.75) is 110 Å². The van der Waals surface area contributed by atoms with Gasteiger partial charge >= 0.3 is 216 Å². The van der Waals surface area contributed by atoms with E-state index < -0.39 is 40.4 Å². The molecule has 0 atom stereocenters. The summed E-state index contributed by atoms with van der Waals surface area (Å²) in [6.45, 7) is 14.3. The Bertz CT molecular complexity index is 712. The first-order valence-electron chi connectivity index (χ1n) is 13.3. The van der Waals surface area contributed by atoms with E-state index in [-0.39, 0.29) is 0 Å². The van der Waals surface area contributed by atoms with Crippen LogP contribution in [0.2, 0.25) is 17.5 Å². The molecule has 178 valence electrons. The summed E-state index contributed by atoms with van der Waals surface area (Å²) in [6, 6.07) is 14.7. The summed E-state index contributed by atoms with van der Waals surface area (Å²) in [7, 11) is 0. The van der Waals surface area contributed by atoms with E-state index in [9.17, 15) is 0 Å². The number of aryl methyl sites for hydroxylation is 2. The van der Waals surface area contributed by atoms with Crippen LogP contribution in [0.4, 0.5) is 0 Å². The third kappa shape index (κ3) is 8.09. The molecule has 32 heavy (non-hydrogen) atoms. The van der Waals surface area contributed by atoms with E-state index >= 15 is 0 Å². The van der Waals surface area contributed by atoms with Crippen LogP contribution in [-0.4, -0.2) is 40.4 Å². The van der Waals surface area contributed by atoms with Crippen LogP contribution in [0.5, 0.6) is 0 Å². The van der Waals surface area contributed by atoms with Crippen molar-refractivity contribution < 1.29 is 0 Å². The molecule has 2 rings (SSSR count). The van der Waals surface area contributed by atoms with Gasteiger partial charge in [-0.2, -0.15) is 0 Å². The standard InChI is InChI=1S/C14H12.4C4H9.2Sb/c1-11-7-3-5-9-13(11)14-10-6-4-8-12(14)2;4*1-3-4-2;;/h3-8H,1-2H3;4*1,3-4H2,2H3;;. The number of hydrogen-bond acceptors (Lipinski definition) is 0. The van der Waals surface area contributed by atoms with Crippen LogP contribution in [0.25, 0.3) is 11.1 Å². The molecule has 0 unspecified atom stereocenters. The quantitative estimate of drug-likeness (QED) is 0.169. The van der Waals surface area contributed by atoms with Gasteiger partial charge in [0.2, 0.25) is 0 Å². The van der Waals surface area contributed by atoms with Crippen LogP contribution >= 0.6 is 0 Å². The van der Waals surface area contributed by atoms with Gasteiger partial charge in [0.25, 0.3) is 0 Å². The van der Waals surface area contributed by atoms with Crippen LogP contribution in [0.1, 0.15) is 90.2 Å². The van der Waals surface area contributed by atoms with Crippen LogP contribution in [-0.2, 0) is 0 Å². The van der Waals surface area contributed by atoms with E-state index in [1.54, 1.807) is 11.1 Å². The summed E-state index contributed by atoms with van der Waals surface area (Å²) in [5.41, 5.74) is 6.45. The fourth-order valence-corrected chi connectivity index (χ4v) is 21.7. The van der Waals surface area contributed by atoms with Crippen molar-refractivity contribution in [3.8, 4) is 11.1 Å². The van der Waals surface area contributed by atoms with Gasteiger partial charge in [0.1, 0.15) is 0 Å². The van der Waals surface area contributed by atoms with Crippen molar-refractivity contribution in [3.63, 3.8) is 0 Å². The predicted molar refractivity (Wildman–Crippen MR) is 151 cm³/mol. The van der Waals surface area contributed by atoms with Crippen LogP contribution in [0.15, 0.2) is 36.4 Å². The molecule has 0 saturated carbocycles. The normalized spacial score (nSPS) is 11.6.